The van der Waals surface area contributed by atoms with E-state index < -0.39 is 23.8 Å². The molecule has 1 aromatic heterocycles. The van der Waals surface area contributed by atoms with Crippen LogP contribution in [0.25, 0.3) is 6.08 Å². The van der Waals surface area contributed by atoms with Crippen molar-refractivity contribution >= 4 is 29.9 Å². The molecule has 0 unspecified atom stereocenters. The summed E-state index contributed by atoms with van der Waals surface area (Å²) in [6.07, 6.45) is 3.53. The van der Waals surface area contributed by atoms with Crippen molar-refractivity contribution in [2.75, 3.05) is 20.3 Å². The van der Waals surface area contributed by atoms with E-state index in [1.54, 1.807) is 25.1 Å². The van der Waals surface area contributed by atoms with Crippen LogP contribution in [0.1, 0.15) is 34.4 Å². The number of carbonyl (C=O) groups is 4. The molecule has 2 heterocycles. The van der Waals surface area contributed by atoms with Crippen LogP contribution in [-0.4, -0.2) is 49.0 Å². The van der Waals surface area contributed by atoms with Crippen LogP contribution in [0.15, 0.2) is 47.0 Å². The Bertz CT molecular complexity index is 1200. The van der Waals surface area contributed by atoms with Crippen LogP contribution in [0.2, 0.25) is 0 Å². The van der Waals surface area contributed by atoms with E-state index in [-0.39, 0.29) is 30.4 Å². The zero-order chi connectivity index (χ0) is 25.5. The largest absolute Gasteiger partial charge is 0.490 e. The van der Waals surface area contributed by atoms with Gasteiger partial charge in [0.25, 0.3) is 11.8 Å². The van der Waals surface area contributed by atoms with Gasteiger partial charge in [0.1, 0.15) is 11.5 Å². The second kappa shape index (κ2) is 11.1. The highest BCUT2D eigenvalue weighted by Gasteiger charge is 2.34. The molecule has 0 spiro atoms. The van der Waals surface area contributed by atoms with Crippen molar-refractivity contribution in [1.82, 2.24) is 10.2 Å². The summed E-state index contributed by atoms with van der Waals surface area (Å²) in [5.74, 6) is -1.01. The maximum absolute atomic E-state index is 12.9. The van der Waals surface area contributed by atoms with Crippen LogP contribution in [-0.2, 0) is 27.3 Å². The number of hydrogen-bond donors (Lipinski definition) is 2. The molecule has 11 nitrogen and oxygen atoms in total. The van der Waals surface area contributed by atoms with Crippen molar-refractivity contribution in [2.45, 2.75) is 19.9 Å². The topological polar surface area (TPSA) is 150 Å². The van der Waals surface area contributed by atoms with Crippen LogP contribution >= 0.6 is 0 Å². The van der Waals surface area contributed by atoms with Gasteiger partial charge >= 0.3 is 12.0 Å². The minimum Gasteiger partial charge on any atom is -0.490 e. The number of nitrogens with two attached hydrogens (primary N) is 1. The number of benzene rings is 1. The van der Waals surface area contributed by atoms with Crippen LogP contribution < -0.4 is 20.5 Å². The summed E-state index contributed by atoms with van der Waals surface area (Å²) in [5, 5.41) is 2.53. The van der Waals surface area contributed by atoms with E-state index in [0.717, 1.165) is 4.90 Å². The number of allylic oxidation sites excluding steroid dienone is 1. The third-order valence-corrected chi connectivity index (χ3v) is 4.81. The number of ether oxygens (including phenoxy) is 3. The highest BCUT2D eigenvalue weighted by molar-refractivity contribution is 6.13. The summed E-state index contributed by atoms with van der Waals surface area (Å²) in [6.45, 7) is 5.33. The molecule has 4 amide bonds. The molecule has 0 bridgehead atoms. The Labute approximate surface area is 201 Å². The van der Waals surface area contributed by atoms with Gasteiger partial charge in [-0.3, -0.25) is 14.5 Å². The molecule has 3 N–H and O–H groups in total. The minimum atomic E-state index is -0.669. The van der Waals surface area contributed by atoms with Gasteiger partial charge in [-0.2, -0.15) is 0 Å². The van der Waals surface area contributed by atoms with Crippen LogP contribution in [0.3, 0.4) is 0 Å². The maximum Gasteiger partial charge on any atom is 0.373 e. The lowest BCUT2D eigenvalue weighted by atomic mass is 10.0. The fraction of sp³-hybridized carbons (Fsp3) is 0.250. The zero-order valence-corrected chi connectivity index (χ0v) is 19.3. The van der Waals surface area contributed by atoms with Crippen molar-refractivity contribution in [2.24, 2.45) is 5.73 Å². The highest BCUT2D eigenvalue weighted by atomic mass is 16.5. The van der Waals surface area contributed by atoms with E-state index in [9.17, 15) is 19.2 Å². The van der Waals surface area contributed by atoms with Crippen molar-refractivity contribution in [1.29, 1.82) is 0 Å². The number of furan rings is 1. The first-order valence-corrected chi connectivity index (χ1v) is 10.6. The molecule has 1 fully saturated rings. The summed E-state index contributed by atoms with van der Waals surface area (Å²) in [4.78, 5) is 49.1. The molecule has 0 radical (unpaired) electrons. The summed E-state index contributed by atoms with van der Waals surface area (Å²) in [6, 6.07) is 5.58. The van der Waals surface area contributed by atoms with E-state index in [1.807, 2.05) is 0 Å². The van der Waals surface area contributed by atoms with Gasteiger partial charge in [-0.15, -0.1) is 6.58 Å². The van der Waals surface area contributed by atoms with E-state index in [0.29, 0.717) is 35.7 Å². The number of nitrogens with zero attached hydrogens (tertiary/aromatic N) is 1. The van der Waals surface area contributed by atoms with E-state index in [2.05, 4.69) is 16.6 Å². The molecule has 35 heavy (non-hydrogen) atoms. The molecule has 1 aromatic carbocycles. The SMILES string of the molecule is C=CCc1cc(/C=C2\NC(=O)N(Cc3ccc(C(=O)OC)o3)C2=O)cc(OCC)c1OCC(N)=O. The molecular weight excluding hydrogens is 458 g/mol. The molecule has 3 rings (SSSR count). The Balaban J connectivity index is 1.88. The Morgan fingerprint density at radius 2 is 2.00 bits per heavy atom. The van der Waals surface area contributed by atoms with Crippen LogP contribution in [0, 0.1) is 0 Å². The van der Waals surface area contributed by atoms with Crippen LogP contribution in [0.4, 0.5) is 4.79 Å². The van der Waals surface area contributed by atoms with Gasteiger partial charge < -0.3 is 29.7 Å². The molecule has 0 atom stereocenters. The van der Waals surface area contributed by atoms with Crippen molar-refractivity contribution < 1.29 is 37.8 Å². The predicted molar refractivity (Wildman–Crippen MR) is 123 cm³/mol. The number of urea groups is 1. The predicted octanol–water partition coefficient (Wildman–Crippen LogP) is 2.15. The number of rotatable bonds is 11. The van der Waals surface area contributed by atoms with Crippen molar-refractivity contribution in [3.8, 4) is 11.5 Å². The molecule has 11 heteroatoms. The van der Waals surface area contributed by atoms with E-state index in [1.165, 1.54) is 25.3 Å². The van der Waals surface area contributed by atoms with Gasteiger partial charge in [-0.05, 0) is 49.2 Å². The normalized spacial score (nSPS) is 14.1. The third-order valence-electron chi connectivity index (χ3n) is 4.81. The number of imide groups is 1. The lowest BCUT2D eigenvalue weighted by molar-refractivity contribution is -0.123. The lowest BCUT2D eigenvalue weighted by Gasteiger charge is -2.16. The number of amides is 4. The Hall–Kier alpha value is -4.54. The first kappa shape index (κ1) is 25.1. The number of carbonyl (C=O) groups excluding carboxylic acids is 4. The summed E-state index contributed by atoms with van der Waals surface area (Å²) < 4.78 is 21.1. The smallest absolute Gasteiger partial charge is 0.373 e. The molecule has 1 aliphatic heterocycles. The molecule has 1 aliphatic rings. The van der Waals surface area contributed by atoms with E-state index >= 15 is 0 Å². The first-order valence-electron chi connectivity index (χ1n) is 10.6. The molecule has 0 aliphatic carbocycles. The highest BCUT2D eigenvalue weighted by Crippen LogP contribution is 2.35. The first-order chi connectivity index (χ1) is 16.8. The molecule has 0 saturated carbocycles. The summed E-state index contributed by atoms with van der Waals surface area (Å²) in [5.41, 5.74) is 6.44. The van der Waals surface area contributed by atoms with Crippen molar-refractivity contribution in [3.05, 3.63) is 65.3 Å². The number of esters is 1. The summed E-state index contributed by atoms with van der Waals surface area (Å²) in [7, 11) is 1.22. The fourth-order valence-corrected chi connectivity index (χ4v) is 3.35. The third kappa shape index (κ3) is 5.88. The van der Waals surface area contributed by atoms with Crippen LogP contribution in [0.5, 0.6) is 11.5 Å². The van der Waals surface area contributed by atoms with Gasteiger partial charge in [-0.1, -0.05) is 6.08 Å². The Morgan fingerprint density at radius 3 is 2.66 bits per heavy atom. The second-order valence-corrected chi connectivity index (χ2v) is 7.33. The standard InChI is InChI=1S/C24H25N3O8/c1-4-6-15-9-14(11-19(33-5-2)21(15)34-13-20(25)28)10-17-22(29)27(24(31)26-17)12-16-7-8-18(35-16)23(30)32-3/h4,7-11H,1,5-6,12-13H2,2-3H3,(H2,25,28)(H,26,31)/b17-10-. The average molecular weight is 483 g/mol. The maximum atomic E-state index is 12.9. The van der Waals surface area contributed by atoms with Gasteiger partial charge in [0, 0.05) is 5.56 Å². The molecule has 1 saturated heterocycles. The molecule has 184 valence electrons. The van der Waals surface area contributed by atoms with Gasteiger partial charge in [-0.25, -0.2) is 9.59 Å². The molecule has 2 aromatic rings. The molecular formula is C24H25N3O8. The van der Waals surface area contributed by atoms with Gasteiger partial charge in [0.2, 0.25) is 5.76 Å². The average Bonchev–Trinajstić information content (AvgIpc) is 3.39. The van der Waals surface area contributed by atoms with Crippen molar-refractivity contribution in [3.63, 3.8) is 0 Å². The number of methoxy groups -OCH3 is 1. The second-order valence-electron chi connectivity index (χ2n) is 7.33. The Morgan fingerprint density at radius 1 is 1.23 bits per heavy atom. The lowest BCUT2D eigenvalue weighted by Crippen LogP contribution is -2.30. The monoisotopic (exact) mass is 483 g/mol. The van der Waals surface area contributed by atoms with Gasteiger partial charge in [0.05, 0.1) is 20.3 Å². The quantitative estimate of drug-likeness (QED) is 0.214. The summed E-state index contributed by atoms with van der Waals surface area (Å²) >= 11 is 0. The number of hydrogen-bond acceptors (Lipinski definition) is 8. The number of nitrogens with one attached hydrogen (secondary N) is 1. The zero-order valence-electron chi connectivity index (χ0n) is 19.3. The van der Waals surface area contributed by atoms with Gasteiger partial charge in [0.15, 0.2) is 18.1 Å². The minimum absolute atomic E-state index is 0.0348. The fourth-order valence-electron chi connectivity index (χ4n) is 3.35. The number of primary amides is 1. The van der Waals surface area contributed by atoms with E-state index in [4.69, 9.17) is 19.6 Å². The Kier molecular flexibility index (Phi) is 7.92.